The second kappa shape index (κ2) is 6.75. The van der Waals surface area contributed by atoms with Crippen LogP contribution in [0.5, 0.6) is 5.75 Å². The van der Waals surface area contributed by atoms with Crippen LogP contribution in [0.2, 0.25) is 5.02 Å². The van der Waals surface area contributed by atoms with Crippen LogP contribution in [-0.2, 0) is 4.74 Å². The van der Waals surface area contributed by atoms with Gasteiger partial charge in [-0.15, -0.1) is 0 Å². The summed E-state index contributed by atoms with van der Waals surface area (Å²) in [5, 5.41) is 0.0240. The zero-order chi connectivity index (χ0) is 18.3. The van der Waals surface area contributed by atoms with Gasteiger partial charge >= 0.3 is 0 Å². The number of anilines is 2. The molecule has 2 aliphatic rings. The molecule has 1 saturated heterocycles. The number of nitrogens with two attached hydrogens (primary N) is 2. The Balaban J connectivity index is 1.63. The highest BCUT2D eigenvalue weighted by Crippen LogP contribution is 2.39. The van der Waals surface area contributed by atoms with Crippen molar-refractivity contribution in [1.29, 1.82) is 0 Å². The predicted molar refractivity (Wildman–Crippen MR) is 99.7 cm³/mol. The average Bonchev–Trinajstić information content (AvgIpc) is 3.12. The molecule has 8 heteroatoms. The zero-order valence-electron chi connectivity index (χ0n) is 13.9. The summed E-state index contributed by atoms with van der Waals surface area (Å²) >= 11 is 5.87. The van der Waals surface area contributed by atoms with E-state index < -0.39 is 12.0 Å². The van der Waals surface area contributed by atoms with E-state index >= 15 is 0 Å². The van der Waals surface area contributed by atoms with Crippen molar-refractivity contribution in [3.8, 4) is 5.75 Å². The summed E-state index contributed by atoms with van der Waals surface area (Å²) in [6, 6.07) is 7.95. The number of nitrogen functional groups attached to an aromatic ring is 1. The van der Waals surface area contributed by atoms with Crippen molar-refractivity contribution in [2.24, 2.45) is 10.7 Å². The Morgan fingerprint density at radius 1 is 1.31 bits per heavy atom. The quantitative estimate of drug-likeness (QED) is 0.802. The van der Waals surface area contributed by atoms with Gasteiger partial charge in [0, 0.05) is 23.7 Å². The molecule has 2 aliphatic heterocycles. The average molecular weight is 377 g/mol. The summed E-state index contributed by atoms with van der Waals surface area (Å²) in [6.45, 7) is 1.24. The van der Waals surface area contributed by atoms with Crippen LogP contribution in [0.3, 0.4) is 0 Å². The fourth-order valence-electron chi connectivity index (χ4n) is 3.06. The smallest absolute Gasteiger partial charge is 0.144 e. The van der Waals surface area contributed by atoms with Gasteiger partial charge in [-0.25, -0.2) is 9.38 Å². The van der Waals surface area contributed by atoms with Crippen LogP contribution in [0, 0.1) is 5.82 Å². The highest BCUT2D eigenvalue weighted by atomic mass is 35.5. The molecule has 6 nitrogen and oxygen atoms in total. The van der Waals surface area contributed by atoms with Crippen LogP contribution in [-0.4, -0.2) is 25.7 Å². The first kappa shape index (κ1) is 17.1. The molecule has 2 heterocycles. The van der Waals surface area contributed by atoms with Crippen LogP contribution >= 0.6 is 11.6 Å². The van der Waals surface area contributed by atoms with Crippen molar-refractivity contribution in [3.63, 3.8) is 0 Å². The summed E-state index contributed by atoms with van der Waals surface area (Å²) in [6.07, 6.45) is 1.89. The Kier molecular flexibility index (Phi) is 4.44. The fraction of sp³-hybridized carbons (Fsp3) is 0.278. The summed E-state index contributed by atoms with van der Waals surface area (Å²) in [5.41, 5.74) is 15.1. The zero-order valence-corrected chi connectivity index (χ0v) is 14.6. The van der Waals surface area contributed by atoms with Crippen LogP contribution in [0.1, 0.15) is 18.2 Å². The van der Waals surface area contributed by atoms with E-state index in [0.717, 1.165) is 12.0 Å². The van der Waals surface area contributed by atoms with Crippen molar-refractivity contribution in [2.75, 3.05) is 23.8 Å². The fourth-order valence-corrected chi connectivity index (χ4v) is 3.23. The third-order valence-corrected chi connectivity index (χ3v) is 4.77. The summed E-state index contributed by atoms with van der Waals surface area (Å²) in [4.78, 5) is 6.15. The van der Waals surface area contributed by atoms with E-state index in [9.17, 15) is 4.39 Å². The van der Waals surface area contributed by atoms with Gasteiger partial charge in [0.15, 0.2) is 0 Å². The molecule has 2 atom stereocenters. The first-order chi connectivity index (χ1) is 12.5. The molecule has 2 aromatic rings. The van der Waals surface area contributed by atoms with Crippen LogP contribution in [0.25, 0.3) is 0 Å². The lowest BCUT2D eigenvalue weighted by Gasteiger charge is -2.32. The minimum Gasteiger partial charge on any atom is -0.486 e. The summed E-state index contributed by atoms with van der Waals surface area (Å²) in [5.74, 6) is 0.0853. The number of nitrogens with zero attached hydrogens (tertiary/aromatic N) is 2. The third kappa shape index (κ3) is 3.09. The molecule has 0 bridgehead atoms. The van der Waals surface area contributed by atoms with Gasteiger partial charge in [0.25, 0.3) is 0 Å². The van der Waals surface area contributed by atoms with Crippen molar-refractivity contribution in [3.05, 3.63) is 46.7 Å². The predicted octanol–water partition coefficient (Wildman–Crippen LogP) is 3.37. The van der Waals surface area contributed by atoms with Crippen LogP contribution in [0.15, 0.2) is 35.3 Å². The highest BCUT2D eigenvalue weighted by molar-refractivity contribution is 6.31. The Morgan fingerprint density at radius 2 is 2.15 bits per heavy atom. The molecular formula is C18H18ClFN4O2. The van der Waals surface area contributed by atoms with Gasteiger partial charge < -0.3 is 25.8 Å². The van der Waals surface area contributed by atoms with Gasteiger partial charge in [-0.3, -0.25) is 0 Å². The van der Waals surface area contributed by atoms with E-state index in [4.69, 9.17) is 32.5 Å². The van der Waals surface area contributed by atoms with Gasteiger partial charge in [-0.05, 0) is 24.3 Å². The maximum atomic E-state index is 13.4. The van der Waals surface area contributed by atoms with Gasteiger partial charge in [-0.2, -0.15) is 0 Å². The topological polar surface area (TPSA) is 86.1 Å². The number of hydrogen-bond acceptors (Lipinski definition) is 6. The van der Waals surface area contributed by atoms with E-state index in [0.29, 0.717) is 36.0 Å². The van der Waals surface area contributed by atoms with Crippen molar-refractivity contribution < 1.29 is 13.9 Å². The lowest BCUT2D eigenvalue weighted by molar-refractivity contribution is 0.142. The molecule has 0 spiro atoms. The minimum atomic E-state index is -0.532. The highest BCUT2D eigenvalue weighted by Gasteiger charge is 2.26. The maximum Gasteiger partial charge on any atom is 0.144 e. The second-order valence-corrected chi connectivity index (χ2v) is 6.65. The van der Waals surface area contributed by atoms with E-state index in [1.807, 2.05) is 0 Å². The molecule has 4 rings (SSSR count). The first-order valence-corrected chi connectivity index (χ1v) is 8.61. The molecule has 0 aromatic heterocycles. The molecular weight excluding hydrogens is 359 g/mol. The minimum absolute atomic E-state index is 0.00514. The van der Waals surface area contributed by atoms with Gasteiger partial charge in [0.1, 0.15) is 23.8 Å². The molecule has 0 radical (unpaired) electrons. The lowest BCUT2D eigenvalue weighted by atomic mass is 10.1. The molecule has 2 aromatic carbocycles. The molecule has 0 saturated carbocycles. The Hall–Kier alpha value is -2.35. The molecule has 2 unspecified atom stereocenters. The molecule has 136 valence electrons. The van der Waals surface area contributed by atoms with E-state index in [1.54, 1.807) is 29.4 Å². The number of ether oxygens (including phenoxy) is 2. The number of aliphatic imine (C=N–C) groups is 1. The number of benzene rings is 2. The number of fused-ring (bicyclic) bond motifs is 1. The largest absolute Gasteiger partial charge is 0.486 e. The SMILES string of the molecule is Nc1cc2c(cc1OC1CCOC1)N=CN(c1ccc(F)c(Cl)c1)C2N. The molecule has 4 N–H and O–H groups in total. The van der Waals surface area contributed by atoms with E-state index in [1.165, 1.54) is 12.1 Å². The van der Waals surface area contributed by atoms with Crippen LogP contribution < -0.4 is 21.1 Å². The van der Waals surface area contributed by atoms with E-state index in [2.05, 4.69) is 4.99 Å². The number of hydrogen-bond donors (Lipinski definition) is 2. The first-order valence-electron chi connectivity index (χ1n) is 8.24. The lowest BCUT2D eigenvalue weighted by Crippen LogP contribution is -2.35. The van der Waals surface area contributed by atoms with Crippen molar-refractivity contribution in [1.82, 2.24) is 0 Å². The molecule has 0 aliphatic carbocycles. The van der Waals surface area contributed by atoms with Gasteiger partial charge in [0.2, 0.25) is 0 Å². The molecule has 0 amide bonds. The third-order valence-electron chi connectivity index (χ3n) is 4.48. The van der Waals surface area contributed by atoms with Crippen molar-refractivity contribution in [2.45, 2.75) is 18.7 Å². The van der Waals surface area contributed by atoms with Crippen molar-refractivity contribution >= 4 is 35.0 Å². The number of halogens is 2. The summed E-state index contributed by atoms with van der Waals surface area (Å²) in [7, 11) is 0. The maximum absolute atomic E-state index is 13.4. The Morgan fingerprint density at radius 3 is 2.88 bits per heavy atom. The second-order valence-electron chi connectivity index (χ2n) is 6.25. The van der Waals surface area contributed by atoms with Crippen LogP contribution in [0.4, 0.5) is 21.5 Å². The van der Waals surface area contributed by atoms with Gasteiger partial charge in [0.05, 0.1) is 35.9 Å². The normalized spacial score (nSPS) is 21.7. The van der Waals surface area contributed by atoms with Gasteiger partial charge in [-0.1, -0.05) is 11.6 Å². The Labute approximate surface area is 155 Å². The molecule has 26 heavy (non-hydrogen) atoms. The Bertz CT molecular complexity index is 871. The molecule has 1 fully saturated rings. The summed E-state index contributed by atoms with van der Waals surface area (Å²) < 4.78 is 24.6. The monoisotopic (exact) mass is 376 g/mol. The standard InChI is InChI=1S/C18H18ClFN4O2/c19-13-5-10(1-2-14(13)20)24-9-23-16-7-17(26-11-3-4-25-8-11)15(21)6-12(16)18(24)22/h1-2,5-7,9,11,18H,3-4,8,21-22H2. The number of rotatable bonds is 3. The van der Waals surface area contributed by atoms with E-state index in [-0.39, 0.29) is 11.1 Å².